The Kier molecular flexibility index (Phi) is 6.77. The summed E-state index contributed by atoms with van der Waals surface area (Å²) in [6, 6.07) is 0. The van der Waals surface area contributed by atoms with Crippen LogP contribution in [0.3, 0.4) is 0 Å². The van der Waals surface area contributed by atoms with E-state index < -0.39 is 71.5 Å². The number of aliphatic hydroxyl groups excluding tert-OH is 1. The Labute approximate surface area is 198 Å². The van der Waals surface area contributed by atoms with Crippen molar-refractivity contribution < 1.29 is 49.0 Å². The van der Waals surface area contributed by atoms with Crippen molar-refractivity contribution in [3.8, 4) is 0 Å². The first-order chi connectivity index (χ1) is 15.6. The molecule has 3 aliphatic rings. The van der Waals surface area contributed by atoms with Gasteiger partial charge in [0.1, 0.15) is 18.3 Å². The highest BCUT2D eigenvalue weighted by molar-refractivity contribution is 5.88. The van der Waals surface area contributed by atoms with Crippen LogP contribution in [0.15, 0.2) is 22.8 Å². The minimum Gasteiger partial charge on any atom is -0.459 e. The number of rotatable bonds is 5. The first-order valence-corrected chi connectivity index (χ1v) is 11.4. The fourth-order valence-corrected chi connectivity index (χ4v) is 5.31. The van der Waals surface area contributed by atoms with E-state index in [0.29, 0.717) is 12.0 Å². The Morgan fingerprint density at radius 2 is 1.82 bits per heavy atom. The van der Waals surface area contributed by atoms with Gasteiger partial charge in [-0.2, -0.15) is 0 Å². The van der Waals surface area contributed by atoms with Gasteiger partial charge in [0.2, 0.25) is 0 Å². The molecule has 0 aromatic rings. The van der Waals surface area contributed by atoms with Gasteiger partial charge in [-0.25, -0.2) is 9.59 Å². The zero-order valence-electron chi connectivity index (χ0n) is 20.3. The molecule has 0 radical (unpaired) electrons. The average molecular weight is 483 g/mol. The van der Waals surface area contributed by atoms with E-state index in [-0.39, 0.29) is 17.6 Å². The molecule has 0 unspecified atom stereocenters. The van der Waals surface area contributed by atoms with Gasteiger partial charge in [-0.15, -0.1) is 0 Å². The van der Waals surface area contributed by atoms with Gasteiger partial charge in [0.05, 0.1) is 5.60 Å². The summed E-state index contributed by atoms with van der Waals surface area (Å²) in [4.78, 5) is 37.4. The third-order valence-corrected chi connectivity index (χ3v) is 7.43. The van der Waals surface area contributed by atoms with Gasteiger partial charge in [-0.3, -0.25) is 4.79 Å². The van der Waals surface area contributed by atoms with Crippen molar-refractivity contribution in [2.45, 2.75) is 102 Å². The first-order valence-electron chi connectivity index (χ1n) is 11.4. The Balaban J connectivity index is 2.17. The lowest BCUT2D eigenvalue weighted by molar-refractivity contribution is -0.208. The number of fused-ring (bicyclic) bond motifs is 3. The van der Waals surface area contributed by atoms with E-state index in [1.165, 1.54) is 13.8 Å². The van der Waals surface area contributed by atoms with Crippen LogP contribution in [0.2, 0.25) is 0 Å². The van der Waals surface area contributed by atoms with Gasteiger partial charge in [0.15, 0.2) is 17.3 Å². The molecule has 0 bridgehead atoms. The van der Waals surface area contributed by atoms with Crippen LogP contribution in [-0.2, 0) is 28.6 Å². The lowest BCUT2D eigenvalue weighted by Gasteiger charge is -2.40. The first kappa shape index (κ1) is 26.3. The second-order valence-electron chi connectivity index (χ2n) is 9.88. The summed E-state index contributed by atoms with van der Waals surface area (Å²) in [5.41, 5.74) is -6.07. The maximum Gasteiger partial charge on any atom is 0.341 e. The van der Waals surface area contributed by atoms with E-state index in [9.17, 15) is 34.8 Å². The van der Waals surface area contributed by atoms with Gasteiger partial charge in [0, 0.05) is 24.3 Å². The molecule has 0 aromatic carbocycles. The van der Waals surface area contributed by atoms with Crippen molar-refractivity contribution in [3.05, 3.63) is 22.8 Å². The fourth-order valence-electron chi connectivity index (χ4n) is 5.31. The normalized spacial score (nSPS) is 42.0. The van der Waals surface area contributed by atoms with Gasteiger partial charge in [0.25, 0.3) is 0 Å². The van der Waals surface area contributed by atoms with Gasteiger partial charge < -0.3 is 34.6 Å². The summed E-state index contributed by atoms with van der Waals surface area (Å²) in [7, 11) is 0. The second-order valence-corrected chi connectivity index (χ2v) is 9.88. The van der Waals surface area contributed by atoms with Crippen LogP contribution < -0.4 is 0 Å². The number of carbonyl (C=O) groups is 3. The van der Waals surface area contributed by atoms with E-state index in [1.807, 2.05) is 0 Å². The summed E-state index contributed by atoms with van der Waals surface area (Å²) in [5.74, 6) is -3.65. The molecule has 0 spiro atoms. The van der Waals surface area contributed by atoms with Crippen molar-refractivity contribution in [1.82, 2.24) is 0 Å². The minimum absolute atomic E-state index is 0.0203. The maximum atomic E-state index is 12.6. The third kappa shape index (κ3) is 3.77. The monoisotopic (exact) mass is 482 g/mol. The van der Waals surface area contributed by atoms with E-state index in [1.54, 1.807) is 26.8 Å². The van der Waals surface area contributed by atoms with Crippen LogP contribution in [0.25, 0.3) is 0 Å². The van der Waals surface area contributed by atoms with Gasteiger partial charge in [-0.05, 0) is 52.2 Å². The Morgan fingerprint density at radius 3 is 2.38 bits per heavy atom. The standard InChI is InChI=1S/C24H34O10/c1-7-9-14(25)32-13-10-22(5,29)16-15(19-24(13,31)23(6,30)21(28)34-19)12(4)18(17(16)26)33-20(27)11(3)8-2/h8,13,16-19,26,29-31H,7,9-10H2,1-6H3/b11-8-/t13-,16+,17-,18-,19-,22-,23+,24+/m0/s1. The molecular formula is C24H34O10. The number of carbonyl (C=O) groups excluding carboxylic acids is 3. The highest BCUT2D eigenvalue weighted by Crippen LogP contribution is 2.55. The number of hydrogen-bond donors (Lipinski definition) is 4. The topological polar surface area (TPSA) is 160 Å². The van der Waals surface area contributed by atoms with E-state index >= 15 is 0 Å². The Morgan fingerprint density at radius 1 is 1.21 bits per heavy atom. The smallest absolute Gasteiger partial charge is 0.341 e. The molecule has 1 heterocycles. The summed E-state index contributed by atoms with van der Waals surface area (Å²) in [6.07, 6.45) is -4.13. The molecule has 3 rings (SSSR count). The predicted octanol–water partition coefficient (Wildman–Crippen LogP) is 0.446. The zero-order chi connectivity index (χ0) is 25.8. The molecule has 0 amide bonds. The van der Waals surface area contributed by atoms with Gasteiger partial charge in [-0.1, -0.05) is 13.0 Å². The molecule has 2 fully saturated rings. The van der Waals surface area contributed by atoms with Crippen LogP contribution in [0.1, 0.15) is 60.8 Å². The van der Waals surface area contributed by atoms with E-state index in [4.69, 9.17) is 14.2 Å². The molecular weight excluding hydrogens is 448 g/mol. The lowest BCUT2D eigenvalue weighted by Crippen LogP contribution is -2.64. The molecule has 2 aliphatic carbocycles. The highest BCUT2D eigenvalue weighted by Gasteiger charge is 2.74. The van der Waals surface area contributed by atoms with Crippen LogP contribution >= 0.6 is 0 Å². The molecule has 1 aliphatic heterocycles. The van der Waals surface area contributed by atoms with Crippen molar-refractivity contribution >= 4 is 17.9 Å². The number of ether oxygens (including phenoxy) is 3. The van der Waals surface area contributed by atoms with Crippen molar-refractivity contribution in [2.75, 3.05) is 0 Å². The van der Waals surface area contributed by atoms with Crippen molar-refractivity contribution in [1.29, 1.82) is 0 Å². The molecule has 10 nitrogen and oxygen atoms in total. The molecule has 10 heteroatoms. The van der Waals surface area contributed by atoms with Crippen LogP contribution in [0.4, 0.5) is 0 Å². The summed E-state index contributed by atoms with van der Waals surface area (Å²) in [5, 5.41) is 45.5. The summed E-state index contributed by atoms with van der Waals surface area (Å²) >= 11 is 0. The van der Waals surface area contributed by atoms with Crippen LogP contribution in [-0.4, -0.2) is 79.6 Å². The van der Waals surface area contributed by atoms with E-state index in [0.717, 1.165) is 6.92 Å². The van der Waals surface area contributed by atoms with Crippen molar-refractivity contribution in [2.24, 2.45) is 5.92 Å². The molecule has 190 valence electrons. The maximum absolute atomic E-state index is 12.6. The number of aliphatic hydroxyl groups is 4. The minimum atomic E-state index is -2.49. The summed E-state index contributed by atoms with van der Waals surface area (Å²) < 4.78 is 16.4. The average Bonchev–Trinajstić information content (AvgIpc) is 3.06. The molecule has 4 N–H and O–H groups in total. The number of esters is 3. The zero-order valence-corrected chi connectivity index (χ0v) is 20.3. The van der Waals surface area contributed by atoms with E-state index in [2.05, 4.69) is 0 Å². The fraction of sp³-hybridized carbons (Fsp3) is 0.708. The van der Waals surface area contributed by atoms with Gasteiger partial charge >= 0.3 is 17.9 Å². The second kappa shape index (κ2) is 8.75. The molecule has 8 atom stereocenters. The van der Waals surface area contributed by atoms with Crippen LogP contribution in [0.5, 0.6) is 0 Å². The quantitative estimate of drug-likeness (QED) is 0.187. The number of hydrogen-bond acceptors (Lipinski definition) is 10. The molecule has 1 saturated heterocycles. The largest absolute Gasteiger partial charge is 0.459 e. The van der Waals surface area contributed by atoms with Crippen LogP contribution in [0, 0.1) is 5.92 Å². The Hall–Kier alpha value is -2.27. The van der Waals surface area contributed by atoms with Crippen molar-refractivity contribution in [3.63, 3.8) is 0 Å². The molecule has 0 aromatic heterocycles. The highest BCUT2D eigenvalue weighted by atomic mass is 16.6. The third-order valence-electron chi connectivity index (χ3n) is 7.43. The molecule has 34 heavy (non-hydrogen) atoms. The Bertz CT molecular complexity index is 945. The lowest BCUT2D eigenvalue weighted by atomic mass is 9.75. The predicted molar refractivity (Wildman–Crippen MR) is 117 cm³/mol. The summed E-state index contributed by atoms with van der Waals surface area (Å²) in [6.45, 7) is 8.93. The molecule has 1 saturated carbocycles. The number of allylic oxidation sites excluding steroid dienone is 1. The SMILES string of the molecule is C/C=C(/C)C(=O)O[C@H]1C(C)=C2[C@H]([C@@H]1O)[C@@](C)(O)C[C@H](OC(=O)CCC)[C@@]1(O)[C@H]2OC(=O)[C@@]1(C)O.